The van der Waals surface area contributed by atoms with Gasteiger partial charge in [0.05, 0.1) is 39.4 Å². The summed E-state index contributed by atoms with van der Waals surface area (Å²) in [6.45, 7) is 1.17. The van der Waals surface area contributed by atoms with Gasteiger partial charge in [0.2, 0.25) is 5.91 Å². The molecule has 0 radical (unpaired) electrons. The SMILES string of the molecule is COc1ccc(CC(=O)N2CCO[C@H]3CC[C@H]2[C@@H]3OC)c(OC)c1. The Balaban J connectivity index is 1.77. The van der Waals surface area contributed by atoms with Crippen molar-refractivity contribution in [3.8, 4) is 11.5 Å². The van der Waals surface area contributed by atoms with Crippen LogP contribution in [0.5, 0.6) is 11.5 Å². The van der Waals surface area contributed by atoms with E-state index in [2.05, 4.69) is 0 Å². The summed E-state index contributed by atoms with van der Waals surface area (Å²) in [4.78, 5) is 14.8. The molecule has 1 saturated carbocycles. The van der Waals surface area contributed by atoms with Gasteiger partial charge in [-0.05, 0) is 18.9 Å². The third kappa shape index (κ3) is 3.21. The molecule has 0 spiro atoms. The number of fused-ring (bicyclic) bond motifs is 2. The molecule has 0 unspecified atom stereocenters. The standard InChI is InChI=1S/C18H25NO5/c1-21-13-5-4-12(16(11-13)22-2)10-17(20)19-8-9-24-15-7-6-14(19)18(15)23-3/h4-5,11,14-15,18H,6-10H2,1-3H3/t14-,15-,18-/m0/s1. The second-order valence-corrected chi connectivity index (χ2v) is 6.20. The van der Waals surface area contributed by atoms with Gasteiger partial charge in [0, 0.05) is 25.3 Å². The van der Waals surface area contributed by atoms with Gasteiger partial charge in [-0.3, -0.25) is 4.79 Å². The van der Waals surface area contributed by atoms with Crippen molar-refractivity contribution in [3.63, 3.8) is 0 Å². The van der Waals surface area contributed by atoms with Gasteiger partial charge in [-0.2, -0.15) is 0 Å². The molecule has 1 aromatic carbocycles. The average molecular weight is 335 g/mol. The van der Waals surface area contributed by atoms with E-state index < -0.39 is 0 Å². The fraction of sp³-hybridized carbons (Fsp3) is 0.611. The van der Waals surface area contributed by atoms with Gasteiger partial charge in [-0.1, -0.05) is 6.07 Å². The summed E-state index contributed by atoms with van der Waals surface area (Å²) in [5.41, 5.74) is 0.858. The van der Waals surface area contributed by atoms with E-state index in [-0.39, 0.29) is 24.2 Å². The third-order valence-electron chi connectivity index (χ3n) is 4.99. The van der Waals surface area contributed by atoms with Crippen molar-refractivity contribution in [2.75, 3.05) is 34.5 Å². The molecule has 1 aliphatic heterocycles. The molecule has 6 heteroatoms. The summed E-state index contributed by atoms with van der Waals surface area (Å²) in [6, 6.07) is 5.63. The second-order valence-electron chi connectivity index (χ2n) is 6.20. The Morgan fingerprint density at radius 1 is 1.25 bits per heavy atom. The first-order valence-corrected chi connectivity index (χ1v) is 8.32. The van der Waals surface area contributed by atoms with E-state index >= 15 is 0 Å². The average Bonchev–Trinajstić information content (AvgIpc) is 2.90. The van der Waals surface area contributed by atoms with Crippen LogP contribution >= 0.6 is 0 Å². The second kappa shape index (κ2) is 7.40. The minimum absolute atomic E-state index is 0.0331. The molecule has 3 rings (SSSR count). The van der Waals surface area contributed by atoms with Crippen LogP contribution in [0.3, 0.4) is 0 Å². The molecule has 1 saturated heterocycles. The van der Waals surface area contributed by atoms with Crippen LogP contribution in [0.4, 0.5) is 0 Å². The first-order chi connectivity index (χ1) is 11.7. The lowest BCUT2D eigenvalue weighted by Gasteiger charge is -2.31. The van der Waals surface area contributed by atoms with Gasteiger partial charge in [0.25, 0.3) is 0 Å². The number of rotatable bonds is 5. The number of ether oxygens (including phenoxy) is 4. The Morgan fingerprint density at radius 2 is 2.08 bits per heavy atom. The largest absolute Gasteiger partial charge is 0.497 e. The minimum atomic E-state index is -0.0331. The highest BCUT2D eigenvalue weighted by atomic mass is 16.5. The zero-order valence-corrected chi connectivity index (χ0v) is 14.5. The summed E-state index contributed by atoms with van der Waals surface area (Å²) >= 11 is 0. The van der Waals surface area contributed by atoms with Crippen LogP contribution in [0.15, 0.2) is 18.2 Å². The molecule has 0 N–H and O–H groups in total. The zero-order chi connectivity index (χ0) is 17.1. The summed E-state index contributed by atoms with van der Waals surface area (Å²) in [5, 5.41) is 0. The third-order valence-corrected chi connectivity index (χ3v) is 4.99. The number of nitrogens with zero attached hydrogens (tertiary/aromatic N) is 1. The van der Waals surface area contributed by atoms with Gasteiger partial charge in [-0.25, -0.2) is 0 Å². The molecule has 2 bridgehead atoms. The number of hydrogen-bond acceptors (Lipinski definition) is 5. The number of amides is 1. The normalized spacial score (nSPS) is 26.1. The number of benzene rings is 1. The molecule has 24 heavy (non-hydrogen) atoms. The van der Waals surface area contributed by atoms with Crippen LogP contribution in [0.25, 0.3) is 0 Å². The van der Waals surface area contributed by atoms with Crippen molar-refractivity contribution in [1.82, 2.24) is 4.90 Å². The number of carbonyl (C=O) groups is 1. The quantitative estimate of drug-likeness (QED) is 0.819. The summed E-state index contributed by atoms with van der Waals surface area (Å²) < 4.78 is 22.1. The monoisotopic (exact) mass is 335 g/mol. The smallest absolute Gasteiger partial charge is 0.227 e. The first-order valence-electron chi connectivity index (χ1n) is 8.32. The Kier molecular flexibility index (Phi) is 5.26. The van der Waals surface area contributed by atoms with E-state index in [1.807, 2.05) is 17.0 Å². The number of hydrogen-bond donors (Lipinski definition) is 0. The molecule has 3 atom stereocenters. The van der Waals surface area contributed by atoms with Gasteiger partial charge in [-0.15, -0.1) is 0 Å². The highest BCUT2D eigenvalue weighted by molar-refractivity contribution is 5.80. The van der Waals surface area contributed by atoms with Gasteiger partial charge in [0.15, 0.2) is 0 Å². The molecule has 132 valence electrons. The Hall–Kier alpha value is -1.79. The zero-order valence-electron chi connectivity index (χ0n) is 14.5. The molecule has 1 aromatic rings. The Bertz CT molecular complexity index is 591. The van der Waals surface area contributed by atoms with Crippen molar-refractivity contribution in [3.05, 3.63) is 23.8 Å². The van der Waals surface area contributed by atoms with Crippen LogP contribution < -0.4 is 9.47 Å². The van der Waals surface area contributed by atoms with E-state index in [1.165, 1.54) is 0 Å². The lowest BCUT2D eigenvalue weighted by molar-refractivity contribution is -0.134. The van der Waals surface area contributed by atoms with Crippen molar-refractivity contribution in [2.45, 2.75) is 37.5 Å². The van der Waals surface area contributed by atoms with E-state index in [0.29, 0.717) is 31.1 Å². The van der Waals surface area contributed by atoms with Crippen molar-refractivity contribution in [2.24, 2.45) is 0 Å². The van der Waals surface area contributed by atoms with Crippen LogP contribution in [0.1, 0.15) is 18.4 Å². The lowest BCUT2D eigenvalue weighted by atomic mass is 10.1. The maximum Gasteiger partial charge on any atom is 0.227 e. The lowest BCUT2D eigenvalue weighted by Crippen LogP contribution is -2.46. The Labute approximate surface area is 142 Å². The van der Waals surface area contributed by atoms with Gasteiger partial charge in [0.1, 0.15) is 17.6 Å². The van der Waals surface area contributed by atoms with Crippen molar-refractivity contribution in [1.29, 1.82) is 0 Å². The molecule has 2 aliphatic rings. The van der Waals surface area contributed by atoms with E-state index in [1.54, 1.807) is 27.4 Å². The first kappa shape index (κ1) is 17.0. The van der Waals surface area contributed by atoms with Crippen LogP contribution in [-0.4, -0.2) is 63.5 Å². The highest BCUT2D eigenvalue weighted by Gasteiger charge is 2.44. The highest BCUT2D eigenvalue weighted by Crippen LogP contribution is 2.32. The van der Waals surface area contributed by atoms with E-state index in [0.717, 1.165) is 18.4 Å². The fourth-order valence-electron chi connectivity index (χ4n) is 3.77. The van der Waals surface area contributed by atoms with Crippen LogP contribution in [-0.2, 0) is 20.7 Å². The van der Waals surface area contributed by atoms with E-state index in [4.69, 9.17) is 18.9 Å². The summed E-state index contributed by atoms with van der Waals surface area (Å²) in [7, 11) is 4.91. The predicted octanol–water partition coefficient (Wildman–Crippen LogP) is 1.65. The fourth-order valence-corrected chi connectivity index (χ4v) is 3.77. The summed E-state index contributed by atoms with van der Waals surface area (Å²) in [6.07, 6.45) is 2.24. The molecule has 0 aromatic heterocycles. The maximum absolute atomic E-state index is 12.9. The summed E-state index contributed by atoms with van der Waals surface area (Å²) in [5.74, 6) is 1.46. The Morgan fingerprint density at radius 3 is 2.79 bits per heavy atom. The molecule has 6 nitrogen and oxygen atoms in total. The van der Waals surface area contributed by atoms with Crippen LogP contribution in [0.2, 0.25) is 0 Å². The molecule has 1 amide bonds. The molecule has 1 heterocycles. The van der Waals surface area contributed by atoms with Crippen LogP contribution in [0, 0.1) is 0 Å². The van der Waals surface area contributed by atoms with E-state index in [9.17, 15) is 4.79 Å². The molecule has 1 aliphatic carbocycles. The predicted molar refractivity (Wildman–Crippen MR) is 88.5 cm³/mol. The van der Waals surface area contributed by atoms with Gasteiger partial charge < -0.3 is 23.8 Å². The molecule has 2 fully saturated rings. The molecular formula is C18H25NO5. The molecular weight excluding hydrogens is 310 g/mol. The number of methoxy groups -OCH3 is 3. The topological polar surface area (TPSA) is 57.2 Å². The minimum Gasteiger partial charge on any atom is -0.497 e. The van der Waals surface area contributed by atoms with Crippen molar-refractivity contribution >= 4 is 5.91 Å². The van der Waals surface area contributed by atoms with Crippen molar-refractivity contribution < 1.29 is 23.7 Å². The van der Waals surface area contributed by atoms with Gasteiger partial charge >= 0.3 is 0 Å². The maximum atomic E-state index is 12.9. The number of carbonyl (C=O) groups excluding carboxylic acids is 1.